The molecule has 0 bridgehead atoms. The van der Waals surface area contributed by atoms with Crippen LogP contribution in [-0.2, 0) is 4.79 Å². The van der Waals surface area contributed by atoms with Gasteiger partial charge in [-0.2, -0.15) is 0 Å². The number of allylic oxidation sites excluding steroid dienone is 2. The number of hydrogen-bond acceptors (Lipinski definition) is 3. The van der Waals surface area contributed by atoms with E-state index in [-0.39, 0.29) is 6.03 Å². The maximum Gasteiger partial charge on any atom is 0.317 e. The third kappa shape index (κ3) is 3.45. The van der Waals surface area contributed by atoms with Crippen LogP contribution < -0.4 is 5.32 Å². The van der Waals surface area contributed by atoms with Crippen LogP contribution in [0.15, 0.2) is 11.3 Å². The Morgan fingerprint density at radius 2 is 2.18 bits per heavy atom. The van der Waals surface area contributed by atoms with Gasteiger partial charge in [0.1, 0.15) is 6.29 Å². The molecule has 3 rings (SSSR count). The quantitative estimate of drug-likeness (QED) is 0.733. The van der Waals surface area contributed by atoms with Gasteiger partial charge in [-0.3, -0.25) is 0 Å². The van der Waals surface area contributed by atoms with Gasteiger partial charge in [-0.25, -0.2) is 4.79 Å². The molecule has 0 spiro atoms. The lowest BCUT2D eigenvalue weighted by molar-refractivity contribution is -0.108. The van der Waals surface area contributed by atoms with Crippen LogP contribution in [0.4, 0.5) is 4.79 Å². The van der Waals surface area contributed by atoms with E-state index in [9.17, 15) is 9.59 Å². The van der Waals surface area contributed by atoms with Gasteiger partial charge in [-0.05, 0) is 44.4 Å². The van der Waals surface area contributed by atoms with E-state index in [4.69, 9.17) is 0 Å². The molecule has 1 unspecified atom stereocenters. The second kappa shape index (κ2) is 7.16. The average molecular weight is 305 g/mol. The van der Waals surface area contributed by atoms with Crippen LogP contribution in [0.2, 0.25) is 0 Å². The number of nitrogens with zero attached hydrogens (tertiary/aromatic N) is 2. The number of carbonyl (C=O) groups is 2. The maximum absolute atomic E-state index is 11.6. The molecule has 1 atom stereocenters. The zero-order valence-corrected chi connectivity index (χ0v) is 13.4. The van der Waals surface area contributed by atoms with E-state index in [1.54, 1.807) is 5.57 Å². The van der Waals surface area contributed by atoms with Crippen LogP contribution in [0.5, 0.6) is 0 Å². The summed E-state index contributed by atoms with van der Waals surface area (Å²) in [6.45, 7) is 4.62. The smallest absolute Gasteiger partial charge is 0.317 e. The molecule has 122 valence electrons. The largest absolute Gasteiger partial charge is 0.375 e. The van der Waals surface area contributed by atoms with Crippen molar-refractivity contribution in [2.24, 2.45) is 5.92 Å². The van der Waals surface area contributed by atoms with Crippen LogP contribution in [0.3, 0.4) is 0 Å². The summed E-state index contributed by atoms with van der Waals surface area (Å²) in [6, 6.07) is 0.0880. The Labute approximate surface area is 132 Å². The summed E-state index contributed by atoms with van der Waals surface area (Å²) < 4.78 is 0. The fraction of sp³-hybridized carbons (Fsp3) is 0.765. The van der Waals surface area contributed by atoms with E-state index in [1.807, 2.05) is 4.90 Å². The third-order valence-corrected chi connectivity index (χ3v) is 5.25. The molecule has 0 radical (unpaired) electrons. The molecule has 2 heterocycles. The minimum absolute atomic E-state index is 0.0880. The number of aldehydes is 1. The van der Waals surface area contributed by atoms with Crippen molar-refractivity contribution < 1.29 is 9.59 Å². The molecule has 3 fully saturated rings. The van der Waals surface area contributed by atoms with Crippen molar-refractivity contribution in [2.75, 3.05) is 32.7 Å². The molecule has 1 N–H and O–H groups in total. The number of nitrogens with one attached hydrogen (secondary N) is 1. The Morgan fingerprint density at radius 3 is 2.82 bits per heavy atom. The van der Waals surface area contributed by atoms with Crippen LogP contribution in [0, 0.1) is 5.92 Å². The minimum atomic E-state index is 0.0880. The number of likely N-dealkylation sites (tertiary alicyclic amines) is 1. The summed E-state index contributed by atoms with van der Waals surface area (Å²) >= 11 is 0. The molecule has 2 aliphatic heterocycles. The maximum atomic E-state index is 11.6. The van der Waals surface area contributed by atoms with Crippen molar-refractivity contribution in [1.29, 1.82) is 0 Å². The Balaban J connectivity index is 1.53. The van der Waals surface area contributed by atoms with E-state index in [2.05, 4.69) is 10.2 Å². The van der Waals surface area contributed by atoms with Gasteiger partial charge in [0.2, 0.25) is 0 Å². The molecule has 3 aliphatic rings. The molecule has 2 saturated heterocycles. The predicted molar refractivity (Wildman–Crippen MR) is 85.4 cm³/mol. The number of carbonyl (C=O) groups excluding carboxylic acids is 2. The minimum Gasteiger partial charge on any atom is -0.375 e. The molecular weight excluding hydrogens is 278 g/mol. The molecule has 22 heavy (non-hydrogen) atoms. The fourth-order valence-corrected chi connectivity index (χ4v) is 3.77. The number of amides is 2. The summed E-state index contributed by atoms with van der Waals surface area (Å²) in [5, 5.41) is 2.86. The highest BCUT2D eigenvalue weighted by Crippen LogP contribution is 2.35. The van der Waals surface area contributed by atoms with Gasteiger partial charge in [0, 0.05) is 44.8 Å². The molecule has 0 aromatic heterocycles. The van der Waals surface area contributed by atoms with Gasteiger partial charge in [-0.1, -0.05) is 5.57 Å². The van der Waals surface area contributed by atoms with Gasteiger partial charge >= 0.3 is 6.03 Å². The Morgan fingerprint density at radius 1 is 1.32 bits per heavy atom. The molecule has 1 aliphatic carbocycles. The van der Waals surface area contributed by atoms with Gasteiger partial charge in [0.05, 0.1) is 0 Å². The summed E-state index contributed by atoms with van der Waals surface area (Å²) in [6.07, 6.45) is 8.84. The van der Waals surface area contributed by atoms with Gasteiger partial charge < -0.3 is 19.9 Å². The molecule has 1 saturated carbocycles. The van der Waals surface area contributed by atoms with Crippen molar-refractivity contribution in [3.05, 3.63) is 11.3 Å². The van der Waals surface area contributed by atoms with Crippen LogP contribution >= 0.6 is 0 Å². The molecule has 5 nitrogen and oxygen atoms in total. The summed E-state index contributed by atoms with van der Waals surface area (Å²) in [7, 11) is 0. The zero-order chi connectivity index (χ0) is 15.4. The Kier molecular flexibility index (Phi) is 5.01. The second-order valence-corrected chi connectivity index (χ2v) is 6.73. The van der Waals surface area contributed by atoms with E-state index in [0.717, 1.165) is 58.3 Å². The summed E-state index contributed by atoms with van der Waals surface area (Å²) in [5.41, 5.74) is 3.15. The zero-order valence-electron chi connectivity index (χ0n) is 13.4. The number of rotatable bonds is 7. The summed E-state index contributed by atoms with van der Waals surface area (Å²) in [5.74, 6) is 0.539. The highest BCUT2D eigenvalue weighted by Gasteiger charge is 2.27. The molecule has 2 amide bonds. The molecule has 0 aromatic carbocycles. The number of hydrogen-bond donors (Lipinski definition) is 1. The fourth-order valence-electron chi connectivity index (χ4n) is 3.77. The first-order valence-electron chi connectivity index (χ1n) is 8.70. The van der Waals surface area contributed by atoms with Gasteiger partial charge in [0.15, 0.2) is 0 Å². The number of urea groups is 1. The van der Waals surface area contributed by atoms with Crippen LogP contribution in [-0.4, -0.2) is 54.8 Å². The topological polar surface area (TPSA) is 52.7 Å². The van der Waals surface area contributed by atoms with Gasteiger partial charge in [-0.15, -0.1) is 0 Å². The standard InChI is InChI=1S/C17H27N3O2/c21-12-7-14-6-10-20(13-14)16(15-3-1-4-15)5-2-9-19-11-8-18-17(19)22/h12,14H,1-11,13H2,(H,18,22). The predicted octanol–water partition coefficient (Wildman–Crippen LogP) is 2.14. The van der Waals surface area contributed by atoms with Crippen molar-refractivity contribution >= 4 is 12.3 Å². The molecule has 0 aromatic rings. The van der Waals surface area contributed by atoms with Crippen LogP contribution in [0.25, 0.3) is 0 Å². The first kappa shape index (κ1) is 15.4. The first-order chi connectivity index (χ1) is 10.8. The van der Waals surface area contributed by atoms with E-state index in [1.165, 1.54) is 25.0 Å². The lowest BCUT2D eigenvalue weighted by Gasteiger charge is -2.30. The normalized spacial score (nSPS) is 24.5. The summed E-state index contributed by atoms with van der Waals surface area (Å²) in [4.78, 5) is 26.7. The average Bonchev–Trinajstić information content (AvgIpc) is 3.06. The highest BCUT2D eigenvalue weighted by atomic mass is 16.2. The van der Waals surface area contributed by atoms with Crippen molar-refractivity contribution in [3.8, 4) is 0 Å². The molecule has 5 heteroatoms. The van der Waals surface area contributed by atoms with E-state index < -0.39 is 0 Å². The third-order valence-electron chi connectivity index (χ3n) is 5.25. The van der Waals surface area contributed by atoms with Crippen molar-refractivity contribution in [3.63, 3.8) is 0 Å². The van der Waals surface area contributed by atoms with E-state index in [0.29, 0.717) is 12.3 Å². The lowest BCUT2D eigenvalue weighted by Crippen LogP contribution is -2.30. The van der Waals surface area contributed by atoms with Gasteiger partial charge in [0.25, 0.3) is 0 Å². The SMILES string of the molecule is O=CCC1CCN(C(CCCN2CCNC2=O)=C2CCC2)C1. The van der Waals surface area contributed by atoms with E-state index >= 15 is 0 Å². The highest BCUT2D eigenvalue weighted by molar-refractivity contribution is 5.76. The Bertz CT molecular complexity index is 455. The van der Waals surface area contributed by atoms with Crippen LogP contribution in [0.1, 0.15) is 44.9 Å². The van der Waals surface area contributed by atoms with Crippen molar-refractivity contribution in [1.82, 2.24) is 15.1 Å². The Hall–Kier alpha value is -1.52. The first-order valence-corrected chi connectivity index (χ1v) is 8.70. The molecular formula is C17H27N3O2. The lowest BCUT2D eigenvalue weighted by atomic mass is 9.88. The van der Waals surface area contributed by atoms with Crippen molar-refractivity contribution in [2.45, 2.75) is 44.9 Å². The monoisotopic (exact) mass is 305 g/mol. The second-order valence-electron chi connectivity index (χ2n) is 6.73.